The summed E-state index contributed by atoms with van der Waals surface area (Å²) in [6, 6.07) is 11.0. The predicted molar refractivity (Wildman–Crippen MR) is 108 cm³/mol. The maximum absolute atomic E-state index is 13.2. The molecule has 4 rings (SSSR count). The third kappa shape index (κ3) is 4.32. The molecular formula is C19H20ClFN4O2. The van der Waals surface area contributed by atoms with Crippen LogP contribution in [0.5, 0.6) is 0 Å². The zero-order valence-electron chi connectivity index (χ0n) is 14.5. The Bertz CT molecular complexity index is 940. The molecule has 6 nitrogen and oxygen atoms in total. The SMILES string of the molecule is Cl.O=C(Nc1cccc(F)c1)Nc1cc(N2CCNCC2)c2occc2c1. The molecule has 0 aliphatic carbocycles. The number of carbonyl (C=O) groups is 1. The Morgan fingerprint density at radius 3 is 2.63 bits per heavy atom. The van der Waals surface area contributed by atoms with Crippen LogP contribution < -0.4 is 20.9 Å². The number of halogens is 2. The predicted octanol–water partition coefficient (Wildman–Crippen LogP) is 4.05. The van der Waals surface area contributed by atoms with Crippen LogP contribution in [-0.2, 0) is 0 Å². The molecule has 0 saturated carbocycles. The fraction of sp³-hybridized carbons (Fsp3) is 0.211. The van der Waals surface area contributed by atoms with Gasteiger partial charge in [0.1, 0.15) is 5.82 Å². The zero-order chi connectivity index (χ0) is 17.9. The van der Waals surface area contributed by atoms with Gasteiger partial charge < -0.3 is 25.3 Å². The molecule has 1 aliphatic heterocycles. The lowest BCUT2D eigenvalue weighted by atomic mass is 10.1. The molecule has 0 radical (unpaired) electrons. The lowest BCUT2D eigenvalue weighted by molar-refractivity contribution is 0.262. The van der Waals surface area contributed by atoms with Crippen molar-refractivity contribution in [1.82, 2.24) is 5.32 Å². The van der Waals surface area contributed by atoms with Crippen LogP contribution in [0, 0.1) is 5.82 Å². The van der Waals surface area contributed by atoms with Crippen LogP contribution in [0.4, 0.5) is 26.2 Å². The lowest BCUT2D eigenvalue weighted by Crippen LogP contribution is -2.43. The second-order valence-corrected chi connectivity index (χ2v) is 6.16. The first-order valence-corrected chi connectivity index (χ1v) is 8.49. The number of hydrogen-bond donors (Lipinski definition) is 3. The first-order chi connectivity index (χ1) is 12.7. The Balaban J connectivity index is 0.00000210. The van der Waals surface area contributed by atoms with E-state index < -0.39 is 11.8 Å². The third-order valence-corrected chi connectivity index (χ3v) is 4.33. The molecule has 2 heterocycles. The number of nitrogens with one attached hydrogen (secondary N) is 3. The quantitative estimate of drug-likeness (QED) is 0.631. The maximum Gasteiger partial charge on any atom is 0.323 e. The molecule has 27 heavy (non-hydrogen) atoms. The minimum absolute atomic E-state index is 0. The second-order valence-electron chi connectivity index (χ2n) is 6.16. The Kier molecular flexibility index (Phi) is 5.83. The number of piperazine rings is 1. The summed E-state index contributed by atoms with van der Waals surface area (Å²) in [7, 11) is 0. The van der Waals surface area contributed by atoms with Crippen molar-refractivity contribution in [3.8, 4) is 0 Å². The number of amides is 2. The summed E-state index contributed by atoms with van der Waals surface area (Å²) in [5, 5.41) is 9.69. The number of rotatable bonds is 3. The molecule has 1 saturated heterocycles. The van der Waals surface area contributed by atoms with Crippen LogP contribution >= 0.6 is 12.4 Å². The number of urea groups is 1. The van der Waals surface area contributed by atoms with Crippen molar-refractivity contribution >= 4 is 46.5 Å². The first-order valence-electron chi connectivity index (χ1n) is 8.49. The molecule has 0 bridgehead atoms. The summed E-state index contributed by atoms with van der Waals surface area (Å²) in [5.74, 6) is -0.399. The van der Waals surface area contributed by atoms with E-state index in [-0.39, 0.29) is 12.4 Å². The molecule has 2 amide bonds. The summed E-state index contributed by atoms with van der Waals surface area (Å²) in [6.07, 6.45) is 1.65. The summed E-state index contributed by atoms with van der Waals surface area (Å²) >= 11 is 0. The summed E-state index contributed by atoms with van der Waals surface area (Å²) in [6.45, 7) is 3.54. The van der Waals surface area contributed by atoms with E-state index in [1.807, 2.05) is 18.2 Å². The summed E-state index contributed by atoms with van der Waals surface area (Å²) < 4.78 is 18.9. The molecule has 2 aromatic carbocycles. The second kappa shape index (κ2) is 8.28. The third-order valence-electron chi connectivity index (χ3n) is 4.33. The highest BCUT2D eigenvalue weighted by Gasteiger charge is 2.17. The average molecular weight is 391 g/mol. The summed E-state index contributed by atoms with van der Waals surface area (Å²) in [5.41, 5.74) is 2.81. The van der Waals surface area contributed by atoms with Crippen LogP contribution in [-0.4, -0.2) is 32.2 Å². The number of anilines is 3. The van der Waals surface area contributed by atoms with Gasteiger partial charge in [0.15, 0.2) is 5.58 Å². The highest BCUT2D eigenvalue weighted by atomic mass is 35.5. The van der Waals surface area contributed by atoms with Gasteiger partial charge in [-0.2, -0.15) is 0 Å². The monoisotopic (exact) mass is 390 g/mol. The molecule has 1 aromatic heterocycles. The molecule has 0 spiro atoms. The van der Waals surface area contributed by atoms with Crippen molar-refractivity contribution in [3.05, 3.63) is 54.5 Å². The van der Waals surface area contributed by atoms with Gasteiger partial charge in [0.05, 0.1) is 12.0 Å². The Morgan fingerprint density at radius 1 is 1.07 bits per heavy atom. The first kappa shape index (κ1) is 19.0. The van der Waals surface area contributed by atoms with Crippen LogP contribution in [0.2, 0.25) is 0 Å². The van der Waals surface area contributed by atoms with Crippen LogP contribution in [0.25, 0.3) is 11.0 Å². The van der Waals surface area contributed by atoms with Gasteiger partial charge in [-0.05, 0) is 36.4 Å². The van der Waals surface area contributed by atoms with E-state index in [9.17, 15) is 9.18 Å². The van der Waals surface area contributed by atoms with E-state index in [1.54, 1.807) is 18.4 Å². The number of carbonyl (C=O) groups excluding carboxylic acids is 1. The van der Waals surface area contributed by atoms with Gasteiger partial charge in [0, 0.05) is 42.9 Å². The number of nitrogens with zero attached hydrogens (tertiary/aromatic N) is 1. The van der Waals surface area contributed by atoms with Crippen molar-refractivity contribution < 1.29 is 13.6 Å². The standard InChI is InChI=1S/C19H19FN4O2.ClH/c20-14-2-1-3-15(11-14)22-19(25)23-16-10-13-4-9-26-18(13)17(12-16)24-7-5-21-6-8-24;/h1-4,9-12,21H,5-8H2,(H2,22,23,25);1H. The number of hydrogen-bond acceptors (Lipinski definition) is 4. The van der Waals surface area contributed by atoms with Crippen molar-refractivity contribution in [1.29, 1.82) is 0 Å². The Labute approximate surface area is 162 Å². The minimum Gasteiger partial charge on any atom is -0.462 e. The Morgan fingerprint density at radius 2 is 1.85 bits per heavy atom. The van der Waals surface area contributed by atoms with E-state index in [2.05, 4.69) is 20.9 Å². The highest BCUT2D eigenvalue weighted by molar-refractivity contribution is 6.02. The van der Waals surface area contributed by atoms with Gasteiger partial charge in [-0.3, -0.25) is 0 Å². The van der Waals surface area contributed by atoms with Gasteiger partial charge in [0.25, 0.3) is 0 Å². The lowest BCUT2D eigenvalue weighted by Gasteiger charge is -2.29. The van der Waals surface area contributed by atoms with Gasteiger partial charge in [-0.1, -0.05) is 6.07 Å². The van der Waals surface area contributed by atoms with Crippen molar-refractivity contribution in [2.75, 3.05) is 41.7 Å². The number of fused-ring (bicyclic) bond motifs is 1. The fourth-order valence-corrected chi connectivity index (χ4v) is 3.14. The topological polar surface area (TPSA) is 69.5 Å². The van der Waals surface area contributed by atoms with Gasteiger partial charge in [-0.25, -0.2) is 9.18 Å². The zero-order valence-corrected chi connectivity index (χ0v) is 15.3. The van der Waals surface area contributed by atoms with Crippen molar-refractivity contribution in [2.24, 2.45) is 0 Å². The summed E-state index contributed by atoms with van der Waals surface area (Å²) in [4.78, 5) is 14.5. The number of benzene rings is 2. The normalized spacial score (nSPS) is 13.9. The number of furan rings is 1. The van der Waals surface area contributed by atoms with E-state index >= 15 is 0 Å². The van der Waals surface area contributed by atoms with E-state index in [4.69, 9.17) is 4.42 Å². The van der Waals surface area contributed by atoms with Crippen LogP contribution in [0.1, 0.15) is 0 Å². The smallest absolute Gasteiger partial charge is 0.323 e. The fourth-order valence-electron chi connectivity index (χ4n) is 3.14. The molecule has 0 unspecified atom stereocenters. The largest absolute Gasteiger partial charge is 0.462 e. The van der Waals surface area contributed by atoms with E-state index in [1.165, 1.54) is 12.1 Å². The molecule has 142 valence electrons. The van der Waals surface area contributed by atoms with Crippen LogP contribution in [0.15, 0.2) is 53.1 Å². The maximum atomic E-state index is 13.2. The highest BCUT2D eigenvalue weighted by Crippen LogP contribution is 2.32. The molecular weight excluding hydrogens is 371 g/mol. The van der Waals surface area contributed by atoms with Gasteiger partial charge in [-0.15, -0.1) is 12.4 Å². The molecule has 0 atom stereocenters. The minimum atomic E-state index is -0.426. The molecule has 3 aromatic rings. The molecule has 1 fully saturated rings. The van der Waals surface area contributed by atoms with Crippen LogP contribution in [0.3, 0.4) is 0 Å². The van der Waals surface area contributed by atoms with E-state index in [0.29, 0.717) is 11.4 Å². The average Bonchev–Trinajstić information content (AvgIpc) is 3.10. The van der Waals surface area contributed by atoms with Gasteiger partial charge in [0.2, 0.25) is 0 Å². The van der Waals surface area contributed by atoms with Crippen molar-refractivity contribution in [3.63, 3.8) is 0 Å². The molecule has 8 heteroatoms. The Hall–Kier alpha value is -2.77. The van der Waals surface area contributed by atoms with Crippen molar-refractivity contribution in [2.45, 2.75) is 0 Å². The van der Waals surface area contributed by atoms with Gasteiger partial charge >= 0.3 is 6.03 Å². The molecule has 1 aliphatic rings. The molecule has 3 N–H and O–H groups in total. The van der Waals surface area contributed by atoms with E-state index in [0.717, 1.165) is 42.8 Å².